The quantitative estimate of drug-likeness (QED) is 0.638. The van der Waals surface area contributed by atoms with Gasteiger partial charge in [0.1, 0.15) is 0 Å². The fourth-order valence-electron chi connectivity index (χ4n) is 2.91. The molecule has 0 aliphatic carbocycles. The number of hydrogen-bond acceptors (Lipinski definition) is 7. The molecule has 1 aliphatic heterocycles. The summed E-state index contributed by atoms with van der Waals surface area (Å²) in [7, 11) is 0. The molecule has 0 atom stereocenters. The van der Waals surface area contributed by atoms with Crippen LogP contribution in [-0.4, -0.2) is 58.4 Å². The maximum atomic E-state index is 12.3. The van der Waals surface area contributed by atoms with Crippen molar-refractivity contribution >= 4 is 23.2 Å². The van der Waals surface area contributed by atoms with Crippen LogP contribution in [0.1, 0.15) is 5.56 Å². The van der Waals surface area contributed by atoms with E-state index in [2.05, 4.69) is 20.2 Å². The molecule has 9 nitrogen and oxygen atoms in total. The van der Waals surface area contributed by atoms with Crippen molar-refractivity contribution in [2.24, 2.45) is 0 Å². The Labute approximate surface area is 150 Å². The van der Waals surface area contributed by atoms with E-state index in [1.54, 1.807) is 37.5 Å². The summed E-state index contributed by atoms with van der Waals surface area (Å²) in [6.45, 7) is 4.80. The Bertz CT molecular complexity index is 790. The Kier molecular flexibility index (Phi) is 5.37. The molecule has 1 aliphatic rings. The van der Waals surface area contributed by atoms with Gasteiger partial charge in [-0.3, -0.25) is 19.8 Å². The van der Waals surface area contributed by atoms with Gasteiger partial charge in [-0.15, -0.1) is 0 Å². The lowest BCUT2D eigenvalue weighted by atomic mass is 10.1. The molecule has 0 saturated carbocycles. The van der Waals surface area contributed by atoms with Crippen LogP contribution in [0.15, 0.2) is 36.7 Å². The van der Waals surface area contributed by atoms with Crippen molar-refractivity contribution < 1.29 is 9.72 Å². The van der Waals surface area contributed by atoms with E-state index in [1.165, 1.54) is 6.07 Å². The summed E-state index contributed by atoms with van der Waals surface area (Å²) < 4.78 is 0. The number of nitrogens with zero attached hydrogens (tertiary/aromatic N) is 5. The molecule has 0 spiro atoms. The van der Waals surface area contributed by atoms with Gasteiger partial charge in [0, 0.05) is 44.6 Å². The number of rotatable bonds is 5. The van der Waals surface area contributed by atoms with Crippen LogP contribution in [-0.2, 0) is 4.79 Å². The SMILES string of the molecule is Cc1c(NC(=O)CN2CCN(c3ncccn3)CC2)cccc1[N+](=O)[O-]. The lowest BCUT2D eigenvalue weighted by molar-refractivity contribution is -0.385. The second-order valence-corrected chi connectivity index (χ2v) is 6.07. The van der Waals surface area contributed by atoms with Crippen molar-refractivity contribution in [1.82, 2.24) is 14.9 Å². The second-order valence-electron chi connectivity index (χ2n) is 6.07. The van der Waals surface area contributed by atoms with Gasteiger partial charge in [-0.2, -0.15) is 0 Å². The first-order valence-electron chi connectivity index (χ1n) is 8.33. The van der Waals surface area contributed by atoms with Crippen LogP contribution in [0.2, 0.25) is 0 Å². The number of carbonyl (C=O) groups is 1. The smallest absolute Gasteiger partial charge is 0.274 e. The van der Waals surface area contributed by atoms with Gasteiger partial charge in [0.25, 0.3) is 5.69 Å². The molecule has 26 heavy (non-hydrogen) atoms. The van der Waals surface area contributed by atoms with Crippen LogP contribution in [0, 0.1) is 17.0 Å². The van der Waals surface area contributed by atoms with Gasteiger partial charge >= 0.3 is 0 Å². The Morgan fingerprint density at radius 3 is 2.54 bits per heavy atom. The minimum atomic E-state index is -0.449. The van der Waals surface area contributed by atoms with E-state index in [1.807, 2.05) is 4.90 Å². The highest BCUT2D eigenvalue weighted by atomic mass is 16.6. The lowest BCUT2D eigenvalue weighted by Gasteiger charge is -2.34. The molecule has 1 saturated heterocycles. The first-order chi connectivity index (χ1) is 12.5. The third kappa shape index (κ3) is 4.12. The predicted molar refractivity (Wildman–Crippen MR) is 97.1 cm³/mol. The van der Waals surface area contributed by atoms with Crippen LogP contribution >= 0.6 is 0 Å². The Balaban J connectivity index is 1.54. The molecular formula is C17H20N6O3. The number of piperazine rings is 1. The van der Waals surface area contributed by atoms with E-state index in [0.717, 1.165) is 26.2 Å². The zero-order valence-electron chi connectivity index (χ0n) is 14.5. The zero-order chi connectivity index (χ0) is 18.5. The largest absolute Gasteiger partial charge is 0.338 e. The molecule has 1 aromatic carbocycles. The summed E-state index contributed by atoms with van der Waals surface area (Å²) >= 11 is 0. The monoisotopic (exact) mass is 356 g/mol. The Morgan fingerprint density at radius 1 is 1.19 bits per heavy atom. The van der Waals surface area contributed by atoms with Crippen LogP contribution in [0.4, 0.5) is 17.3 Å². The van der Waals surface area contributed by atoms with Gasteiger partial charge in [0.2, 0.25) is 11.9 Å². The number of nitro benzene ring substituents is 1. The molecule has 2 heterocycles. The van der Waals surface area contributed by atoms with Crippen molar-refractivity contribution in [2.45, 2.75) is 6.92 Å². The zero-order valence-corrected chi connectivity index (χ0v) is 14.5. The number of anilines is 2. The molecule has 1 N–H and O–H groups in total. The highest BCUT2D eigenvalue weighted by molar-refractivity contribution is 5.93. The number of nitrogens with one attached hydrogen (secondary N) is 1. The number of benzene rings is 1. The Hall–Kier alpha value is -3.07. The van der Waals surface area contributed by atoms with Crippen LogP contribution in [0.3, 0.4) is 0 Å². The molecule has 1 aromatic heterocycles. The first-order valence-corrected chi connectivity index (χ1v) is 8.33. The minimum Gasteiger partial charge on any atom is -0.338 e. The summed E-state index contributed by atoms with van der Waals surface area (Å²) in [6.07, 6.45) is 3.42. The van der Waals surface area contributed by atoms with E-state index in [0.29, 0.717) is 17.2 Å². The fraction of sp³-hybridized carbons (Fsp3) is 0.353. The number of aromatic nitrogens is 2. The van der Waals surface area contributed by atoms with Gasteiger partial charge in [-0.25, -0.2) is 9.97 Å². The average molecular weight is 356 g/mol. The topological polar surface area (TPSA) is 104 Å². The van der Waals surface area contributed by atoms with Gasteiger partial charge < -0.3 is 10.2 Å². The molecule has 0 radical (unpaired) electrons. The lowest BCUT2D eigenvalue weighted by Crippen LogP contribution is -2.49. The number of carbonyl (C=O) groups excluding carboxylic acids is 1. The number of amides is 1. The third-order valence-corrected chi connectivity index (χ3v) is 4.35. The molecule has 3 rings (SSSR count). The predicted octanol–water partition coefficient (Wildman–Crippen LogP) is 1.45. The summed E-state index contributed by atoms with van der Waals surface area (Å²) in [6, 6.07) is 6.44. The van der Waals surface area contributed by atoms with E-state index < -0.39 is 4.92 Å². The first kappa shape index (κ1) is 17.7. The van der Waals surface area contributed by atoms with Gasteiger partial charge in [0.15, 0.2) is 0 Å². The number of nitro groups is 1. The van der Waals surface area contributed by atoms with Crippen LogP contribution < -0.4 is 10.2 Å². The normalized spacial score (nSPS) is 14.9. The molecular weight excluding hydrogens is 336 g/mol. The molecule has 136 valence electrons. The Morgan fingerprint density at radius 2 is 1.88 bits per heavy atom. The maximum absolute atomic E-state index is 12.3. The van der Waals surface area contributed by atoms with Gasteiger partial charge in [-0.1, -0.05) is 6.07 Å². The fourth-order valence-corrected chi connectivity index (χ4v) is 2.91. The summed E-state index contributed by atoms with van der Waals surface area (Å²) in [5.41, 5.74) is 0.927. The third-order valence-electron chi connectivity index (χ3n) is 4.35. The maximum Gasteiger partial charge on any atom is 0.274 e. The van der Waals surface area contributed by atoms with E-state index in [4.69, 9.17) is 0 Å². The van der Waals surface area contributed by atoms with Crippen molar-refractivity contribution in [2.75, 3.05) is 42.9 Å². The second kappa shape index (κ2) is 7.87. The van der Waals surface area contributed by atoms with Crippen molar-refractivity contribution in [3.05, 3.63) is 52.3 Å². The standard InChI is InChI=1S/C17H20N6O3/c1-13-14(4-2-5-15(13)23(25)26)20-16(24)12-21-8-10-22(11-9-21)17-18-6-3-7-19-17/h2-7H,8-12H2,1H3,(H,20,24). The molecule has 2 aromatic rings. The van der Waals surface area contributed by atoms with Crippen molar-refractivity contribution in [1.29, 1.82) is 0 Å². The highest BCUT2D eigenvalue weighted by Crippen LogP contribution is 2.25. The van der Waals surface area contributed by atoms with Crippen molar-refractivity contribution in [3.8, 4) is 0 Å². The van der Waals surface area contributed by atoms with E-state index >= 15 is 0 Å². The number of hydrogen-bond donors (Lipinski definition) is 1. The van der Waals surface area contributed by atoms with Crippen LogP contribution in [0.25, 0.3) is 0 Å². The van der Waals surface area contributed by atoms with Gasteiger partial charge in [0.05, 0.1) is 22.7 Å². The van der Waals surface area contributed by atoms with Crippen molar-refractivity contribution in [3.63, 3.8) is 0 Å². The minimum absolute atomic E-state index is 0.000671. The molecule has 9 heteroatoms. The molecule has 0 unspecified atom stereocenters. The van der Waals surface area contributed by atoms with Crippen LogP contribution in [0.5, 0.6) is 0 Å². The van der Waals surface area contributed by atoms with Gasteiger partial charge in [-0.05, 0) is 19.1 Å². The van der Waals surface area contributed by atoms with E-state index in [9.17, 15) is 14.9 Å². The highest BCUT2D eigenvalue weighted by Gasteiger charge is 2.21. The molecule has 1 amide bonds. The molecule has 1 fully saturated rings. The average Bonchev–Trinajstić information content (AvgIpc) is 2.64. The summed E-state index contributed by atoms with van der Waals surface area (Å²) in [4.78, 5) is 35.5. The summed E-state index contributed by atoms with van der Waals surface area (Å²) in [5.74, 6) is 0.516. The molecule has 0 bridgehead atoms. The summed E-state index contributed by atoms with van der Waals surface area (Å²) in [5, 5.41) is 13.8. The van der Waals surface area contributed by atoms with E-state index in [-0.39, 0.29) is 18.1 Å².